The molecule has 12 heavy (non-hydrogen) atoms. The molecule has 0 aliphatic heterocycles. The number of aliphatic imine (C=N–C) groups is 1. The van der Waals surface area contributed by atoms with E-state index < -0.39 is 0 Å². The standard InChI is InChI=1S/C9H20N2O/c1-5-12-8(4)9(10)11-6-7(2)3/h7-8H,5-6H2,1-4H3,(H2,10,11). The summed E-state index contributed by atoms with van der Waals surface area (Å²) in [5.74, 6) is 1.16. The zero-order valence-corrected chi connectivity index (χ0v) is 8.50. The summed E-state index contributed by atoms with van der Waals surface area (Å²) in [7, 11) is 0. The predicted octanol–water partition coefficient (Wildman–Crippen LogP) is 1.42. The van der Waals surface area contributed by atoms with Crippen molar-refractivity contribution >= 4 is 5.84 Å². The summed E-state index contributed by atoms with van der Waals surface area (Å²) in [6, 6.07) is 0. The minimum absolute atomic E-state index is 0.0475. The molecule has 0 aliphatic carbocycles. The van der Waals surface area contributed by atoms with Crippen LogP contribution in [0.2, 0.25) is 0 Å². The van der Waals surface area contributed by atoms with E-state index in [1.807, 2.05) is 13.8 Å². The SMILES string of the molecule is CCOC(C)C(N)=NCC(C)C. The Labute approximate surface area is 75.0 Å². The van der Waals surface area contributed by atoms with Crippen LogP contribution in [0.25, 0.3) is 0 Å². The molecule has 0 amide bonds. The summed E-state index contributed by atoms with van der Waals surface area (Å²) in [5, 5.41) is 0. The van der Waals surface area contributed by atoms with Gasteiger partial charge in [0.05, 0.1) is 0 Å². The molecule has 0 aromatic heterocycles. The average Bonchev–Trinajstić information content (AvgIpc) is 2.00. The highest BCUT2D eigenvalue weighted by atomic mass is 16.5. The molecule has 0 spiro atoms. The van der Waals surface area contributed by atoms with Crippen molar-refractivity contribution in [1.29, 1.82) is 0 Å². The second-order valence-corrected chi connectivity index (χ2v) is 3.26. The molecular weight excluding hydrogens is 152 g/mol. The van der Waals surface area contributed by atoms with Crippen LogP contribution in [-0.4, -0.2) is 25.1 Å². The van der Waals surface area contributed by atoms with Gasteiger partial charge in [0, 0.05) is 13.2 Å². The normalized spacial score (nSPS) is 15.2. The third-order valence-corrected chi connectivity index (χ3v) is 1.47. The van der Waals surface area contributed by atoms with Crippen LogP contribution in [-0.2, 0) is 4.74 Å². The highest BCUT2D eigenvalue weighted by Gasteiger charge is 2.04. The molecule has 72 valence electrons. The van der Waals surface area contributed by atoms with E-state index in [-0.39, 0.29) is 6.10 Å². The van der Waals surface area contributed by atoms with E-state index >= 15 is 0 Å². The van der Waals surface area contributed by atoms with Crippen molar-refractivity contribution in [2.75, 3.05) is 13.2 Å². The molecule has 1 unspecified atom stereocenters. The van der Waals surface area contributed by atoms with E-state index in [4.69, 9.17) is 10.5 Å². The lowest BCUT2D eigenvalue weighted by atomic mass is 10.2. The summed E-state index contributed by atoms with van der Waals surface area (Å²) in [4.78, 5) is 4.21. The van der Waals surface area contributed by atoms with E-state index in [0.717, 1.165) is 6.54 Å². The van der Waals surface area contributed by atoms with Gasteiger partial charge in [0.1, 0.15) is 11.9 Å². The third-order valence-electron chi connectivity index (χ3n) is 1.47. The number of amidine groups is 1. The van der Waals surface area contributed by atoms with Gasteiger partial charge in [-0.15, -0.1) is 0 Å². The zero-order valence-electron chi connectivity index (χ0n) is 8.50. The predicted molar refractivity (Wildman–Crippen MR) is 52.4 cm³/mol. The molecule has 0 saturated carbocycles. The van der Waals surface area contributed by atoms with Crippen molar-refractivity contribution in [2.24, 2.45) is 16.6 Å². The van der Waals surface area contributed by atoms with Crippen LogP contribution in [0, 0.1) is 5.92 Å². The van der Waals surface area contributed by atoms with Crippen molar-refractivity contribution < 1.29 is 4.74 Å². The molecule has 0 bridgehead atoms. The summed E-state index contributed by atoms with van der Waals surface area (Å²) >= 11 is 0. The van der Waals surface area contributed by atoms with Crippen LogP contribution >= 0.6 is 0 Å². The lowest BCUT2D eigenvalue weighted by molar-refractivity contribution is 0.121. The molecule has 0 aliphatic rings. The van der Waals surface area contributed by atoms with Gasteiger partial charge in [-0.3, -0.25) is 4.99 Å². The molecule has 2 N–H and O–H groups in total. The largest absolute Gasteiger partial charge is 0.385 e. The highest BCUT2D eigenvalue weighted by molar-refractivity contribution is 5.84. The minimum atomic E-state index is -0.0475. The lowest BCUT2D eigenvalue weighted by Crippen LogP contribution is -2.29. The van der Waals surface area contributed by atoms with Crippen LogP contribution in [0.5, 0.6) is 0 Å². The highest BCUT2D eigenvalue weighted by Crippen LogP contribution is 1.95. The Balaban J connectivity index is 3.81. The van der Waals surface area contributed by atoms with Gasteiger partial charge >= 0.3 is 0 Å². The van der Waals surface area contributed by atoms with Crippen molar-refractivity contribution in [3.05, 3.63) is 0 Å². The third kappa shape index (κ3) is 5.13. The van der Waals surface area contributed by atoms with E-state index in [2.05, 4.69) is 18.8 Å². The summed E-state index contributed by atoms with van der Waals surface area (Å²) in [5.41, 5.74) is 5.68. The Morgan fingerprint density at radius 2 is 2.00 bits per heavy atom. The molecule has 1 atom stereocenters. The van der Waals surface area contributed by atoms with Crippen LogP contribution in [0.3, 0.4) is 0 Å². The second kappa shape index (κ2) is 6.00. The molecule has 3 nitrogen and oxygen atoms in total. The molecule has 0 saturated heterocycles. The van der Waals surface area contributed by atoms with Gasteiger partial charge in [-0.05, 0) is 19.8 Å². The molecule has 0 heterocycles. The molecule has 0 aromatic rings. The van der Waals surface area contributed by atoms with Crippen molar-refractivity contribution in [1.82, 2.24) is 0 Å². The molecule has 3 heteroatoms. The van der Waals surface area contributed by atoms with Crippen LogP contribution in [0.1, 0.15) is 27.7 Å². The Kier molecular flexibility index (Phi) is 5.72. The van der Waals surface area contributed by atoms with Gasteiger partial charge in [0.15, 0.2) is 0 Å². The second-order valence-electron chi connectivity index (χ2n) is 3.26. The number of hydrogen-bond acceptors (Lipinski definition) is 2. The van der Waals surface area contributed by atoms with E-state index in [9.17, 15) is 0 Å². The quantitative estimate of drug-likeness (QED) is 0.503. The van der Waals surface area contributed by atoms with E-state index in [0.29, 0.717) is 18.4 Å². The summed E-state index contributed by atoms with van der Waals surface area (Å²) < 4.78 is 5.28. The van der Waals surface area contributed by atoms with E-state index in [1.165, 1.54) is 0 Å². The van der Waals surface area contributed by atoms with Crippen molar-refractivity contribution in [3.63, 3.8) is 0 Å². The Hall–Kier alpha value is -0.570. The molecule has 0 aromatic carbocycles. The Bertz CT molecular complexity index is 143. The van der Waals surface area contributed by atoms with Gasteiger partial charge in [-0.25, -0.2) is 0 Å². The van der Waals surface area contributed by atoms with Gasteiger partial charge in [0.25, 0.3) is 0 Å². The minimum Gasteiger partial charge on any atom is -0.385 e. The van der Waals surface area contributed by atoms with E-state index in [1.54, 1.807) is 0 Å². The first-order valence-corrected chi connectivity index (χ1v) is 4.49. The smallest absolute Gasteiger partial charge is 0.123 e. The number of ether oxygens (including phenoxy) is 1. The van der Waals surface area contributed by atoms with Gasteiger partial charge in [-0.1, -0.05) is 13.8 Å². The number of nitrogens with two attached hydrogens (primary N) is 1. The first kappa shape index (κ1) is 11.4. The number of rotatable bonds is 5. The van der Waals surface area contributed by atoms with Crippen LogP contribution in [0.4, 0.5) is 0 Å². The maximum atomic E-state index is 5.68. The molecule has 0 fully saturated rings. The first-order valence-electron chi connectivity index (χ1n) is 4.49. The molecule has 0 radical (unpaired) electrons. The summed E-state index contributed by atoms with van der Waals surface area (Å²) in [6.45, 7) is 9.56. The lowest BCUT2D eigenvalue weighted by Gasteiger charge is -2.11. The zero-order chi connectivity index (χ0) is 9.56. The van der Waals surface area contributed by atoms with Crippen LogP contribution in [0.15, 0.2) is 4.99 Å². The van der Waals surface area contributed by atoms with Crippen molar-refractivity contribution in [2.45, 2.75) is 33.8 Å². The van der Waals surface area contributed by atoms with Crippen LogP contribution < -0.4 is 5.73 Å². The Morgan fingerprint density at radius 1 is 1.42 bits per heavy atom. The molecular formula is C9H20N2O. The maximum absolute atomic E-state index is 5.68. The fourth-order valence-electron chi connectivity index (χ4n) is 0.752. The average molecular weight is 172 g/mol. The fraction of sp³-hybridized carbons (Fsp3) is 0.889. The fourth-order valence-corrected chi connectivity index (χ4v) is 0.752. The van der Waals surface area contributed by atoms with Gasteiger partial charge < -0.3 is 10.5 Å². The monoisotopic (exact) mass is 172 g/mol. The summed E-state index contributed by atoms with van der Waals surface area (Å²) in [6.07, 6.45) is -0.0475. The molecule has 0 rings (SSSR count). The topological polar surface area (TPSA) is 47.6 Å². The maximum Gasteiger partial charge on any atom is 0.123 e. The first-order chi connectivity index (χ1) is 5.57. The van der Waals surface area contributed by atoms with Crippen molar-refractivity contribution in [3.8, 4) is 0 Å². The Morgan fingerprint density at radius 3 is 2.42 bits per heavy atom. The number of hydrogen-bond donors (Lipinski definition) is 1. The van der Waals surface area contributed by atoms with Gasteiger partial charge in [0.2, 0.25) is 0 Å². The van der Waals surface area contributed by atoms with Gasteiger partial charge in [-0.2, -0.15) is 0 Å². The number of nitrogens with zero attached hydrogens (tertiary/aromatic N) is 1.